The molecule has 2 aromatic heterocycles. The van der Waals surface area contributed by atoms with Crippen LogP contribution in [-0.2, 0) is 23.0 Å². The summed E-state index contributed by atoms with van der Waals surface area (Å²) in [5.41, 5.74) is 2.74. The van der Waals surface area contributed by atoms with Gasteiger partial charge in [0.05, 0.1) is 11.7 Å². The van der Waals surface area contributed by atoms with E-state index in [0.29, 0.717) is 6.42 Å². The van der Waals surface area contributed by atoms with E-state index < -0.39 is 0 Å². The van der Waals surface area contributed by atoms with Crippen LogP contribution in [0, 0.1) is 0 Å². The van der Waals surface area contributed by atoms with Gasteiger partial charge in [0.1, 0.15) is 6.61 Å². The van der Waals surface area contributed by atoms with E-state index in [1.165, 1.54) is 7.11 Å². The van der Waals surface area contributed by atoms with Crippen LogP contribution in [0.5, 0.6) is 0 Å². The molecule has 0 saturated heterocycles. The monoisotopic (exact) mass is 324 g/mol. The third-order valence-electron chi connectivity index (χ3n) is 3.85. The Labute approximate surface area is 140 Å². The SMILES string of the molecule is COCC(=O)N[C@@H](Cc1ccccc1)c1nn(C)c2ncccc12. The Kier molecular flexibility index (Phi) is 4.86. The van der Waals surface area contributed by atoms with Crippen molar-refractivity contribution in [3.63, 3.8) is 0 Å². The predicted molar refractivity (Wildman–Crippen MR) is 91.4 cm³/mol. The van der Waals surface area contributed by atoms with Crippen molar-refractivity contribution < 1.29 is 9.53 Å². The number of amides is 1. The van der Waals surface area contributed by atoms with Crippen LogP contribution in [0.25, 0.3) is 11.0 Å². The van der Waals surface area contributed by atoms with Gasteiger partial charge in [-0.25, -0.2) is 4.98 Å². The summed E-state index contributed by atoms with van der Waals surface area (Å²) in [4.78, 5) is 16.4. The molecule has 0 saturated carbocycles. The summed E-state index contributed by atoms with van der Waals surface area (Å²) in [7, 11) is 3.36. The van der Waals surface area contributed by atoms with Crippen LogP contribution >= 0.6 is 0 Å². The smallest absolute Gasteiger partial charge is 0.246 e. The highest BCUT2D eigenvalue weighted by Gasteiger charge is 2.22. The van der Waals surface area contributed by atoms with Gasteiger partial charge >= 0.3 is 0 Å². The van der Waals surface area contributed by atoms with Gasteiger partial charge in [-0.3, -0.25) is 9.48 Å². The van der Waals surface area contributed by atoms with Crippen molar-refractivity contribution in [1.82, 2.24) is 20.1 Å². The fraction of sp³-hybridized carbons (Fsp3) is 0.278. The van der Waals surface area contributed by atoms with Crippen molar-refractivity contribution >= 4 is 16.9 Å². The van der Waals surface area contributed by atoms with E-state index in [0.717, 1.165) is 22.3 Å². The first-order valence-corrected chi connectivity index (χ1v) is 7.79. The van der Waals surface area contributed by atoms with Crippen LogP contribution in [0.1, 0.15) is 17.3 Å². The van der Waals surface area contributed by atoms with Crippen molar-refractivity contribution in [1.29, 1.82) is 0 Å². The van der Waals surface area contributed by atoms with Gasteiger partial charge in [0.15, 0.2) is 5.65 Å². The summed E-state index contributed by atoms with van der Waals surface area (Å²) >= 11 is 0. The van der Waals surface area contributed by atoms with Gasteiger partial charge in [0.25, 0.3) is 0 Å². The Hall–Kier alpha value is -2.73. The van der Waals surface area contributed by atoms with E-state index in [1.54, 1.807) is 10.9 Å². The largest absolute Gasteiger partial charge is 0.375 e. The highest BCUT2D eigenvalue weighted by atomic mass is 16.5. The predicted octanol–water partition coefficient (Wildman–Crippen LogP) is 2.01. The molecule has 3 aromatic rings. The number of nitrogens with zero attached hydrogens (tertiary/aromatic N) is 3. The zero-order chi connectivity index (χ0) is 16.9. The summed E-state index contributed by atoms with van der Waals surface area (Å²) in [6.07, 6.45) is 2.39. The van der Waals surface area contributed by atoms with Crippen LogP contribution in [0.3, 0.4) is 0 Å². The van der Waals surface area contributed by atoms with E-state index in [4.69, 9.17) is 4.74 Å². The number of benzene rings is 1. The number of rotatable bonds is 6. The van der Waals surface area contributed by atoms with Crippen LogP contribution in [0.15, 0.2) is 48.7 Å². The van der Waals surface area contributed by atoms with Gasteiger partial charge in [-0.15, -0.1) is 0 Å². The number of carbonyl (C=O) groups is 1. The van der Waals surface area contributed by atoms with Crippen molar-refractivity contribution in [3.8, 4) is 0 Å². The fourth-order valence-electron chi connectivity index (χ4n) is 2.81. The Morgan fingerprint density at radius 3 is 2.79 bits per heavy atom. The molecule has 24 heavy (non-hydrogen) atoms. The standard InChI is InChI=1S/C18H20N4O2/c1-22-18-14(9-6-10-19-18)17(21-22)15(20-16(23)12-24-2)11-13-7-4-3-5-8-13/h3-10,15H,11-12H2,1-2H3,(H,20,23)/t15-/m0/s1. The topological polar surface area (TPSA) is 69.0 Å². The molecule has 2 heterocycles. The van der Waals surface area contributed by atoms with E-state index in [-0.39, 0.29) is 18.6 Å². The molecule has 0 fully saturated rings. The number of nitrogens with one attached hydrogen (secondary N) is 1. The minimum Gasteiger partial charge on any atom is -0.375 e. The summed E-state index contributed by atoms with van der Waals surface area (Å²) in [6, 6.07) is 13.6. The molecule has 0 spiro atoms. The second-order valence-corrected chi connectivity index (χ2v) is 5.63. The van der Waals surface area contributed by atoms with Crippen molar-refractivity contribution in [2.75, 3.05) is 13.7 Å². The van der Waals surface area contributed by atoms with Gasteiger partial charge in [-0.05, 0) is 24.1 Å². The normalized spacial score (nSPS) is 12.2. The average Bonchev–Trinajstić information content (AvgIpc) is 2.93. The van der Waals surface area contributed by atoms with Gasteiger partial charge in [0.2, 0.25) is 5.91 Å². The Balaban J connectivity index is 1.97. The molecule has 0 bridgehead atoms. The molecule has 1 N–H and O–H groups in total. The van der Waals surface area contributed by atoms with E-state index in [2.05, 4.69) is 15.4 Å². The first kappa shape index (κ1) is 16.1. The van der Waals surface area contributed by atoms with Crippen LogP contribution in [0.2, 0.25) is 0 Å². The Bertz CT molecular complexity index is 829. The van der Waals surface area contributed by atoms with Crippen LogP contribution in [-0.4, -0.2) is 34.4 Å². The summed E-state index contributed by atoms with van der Waals surface area (Å²) < 4.78 is 6.67. The van der Waals surface area contributed by atoms with E-state index >= 15 is 0 Å². The molecule has 0 unspecified atom stereocenters. The molecule has 6 heteroatoms. The minimum absolute atomic E-state index is 0.0221. The molecule has 1 atom stereocenters. The van der Waals surface area contributed by atoms with Gasteiger partial charge in [-0.2, -0.15) is 5.10 Å². The molecule has 0 aliphatic carbocycles. The summed E-state index contributed by atoms with van der Waals surface area (Å²) in [6.45, 7) is 0.0221. The second-order valence-electron chi connectivity index (χ2n) is 5.63. The molecule has 124 valence electrons. The lowest BCUT2D eigenvalue weighted by atomic mass is 10.0. The van der Waals surface area contributed by atoms with Gasteiger partial charge in [0, 0.05) is 25.7 Å². The zero-order valence-electron chi connectivity index (χ0n) is 13.8. The number of hydrogen-bond donors (Lipinski definition) is 1. The second kappa shape index (κ2) is 7.23. The molecular weight excluding hydrogens is 304 g/mol. The Morgan fingerprint density at radius 2 is 2.04 bits per heavy atom. The zero-order valence-corrected chi connectivity index (χ0v) is 13.8. The number of ether oxygens (including phenoxy) is 1. The number of carbonyl (C=O) groups excluding carboxylic acids is 1. The number of hydrogen-bond acceptors (Lipinski definition) is 4. The molecule has 0 aliphatic heterocycles. The maximum Gasteiger partial charge on any atom is 0.246 e. The number of methoxy groups -OCH3 is 1. The number of aryl methyl sites for hydroxylation is 1. The van der Waals surface area contributed by atoms with Crippen molar-refractivity contribution in [2.45, 2.75) is 12.5 Å². The third-order valence-corrected chi connectivity index (χ3v) is 3.85. The molecule has 6 nitrogen and oxygen atoms in total. The third kappa shape index (κ3) is 3.44. The minimum atomic E-state index is -0.247. The van der Waals surface area contributed by atoms with Crippen molar-refractivity contribution in [3.05, 3.63) is 59.9 Å². The highest BCUT2D eigenvalue weighted by molar-refractivity contribution is 5.81. The lowest BCUT2D eigenvalue weighted by Gasteiger charge is -2.17. The van der Waals surface area contributed by atoms with Crippen molar-refractivity contribution in [2.24, 2.45) is 7.05 Å². The fourth-order valence-corrected chi connectivity index (χ4v) is 2.81. The molecule has 0 radical (unpaired) electrons. The van der Waals surface area contributed by atoms with Gasteiger partial charge in [-0.1, -0.05) is 30.3 Å². The first-order chi connectivity index (χ1) is 11.7. The lowest BCUT2D eigenvalue weighted by molar-refractivity contribution is -0.125. The summed E-state index contributed by atoms with van der Waals surface area (Å²) in [5.74, 6) is -0.166. The number of pyridine rings is 1. The number of aromatic nitrogens is 3. The molecule has 3 rings (SSSR count). The molecule has 1 amide bonds. The molecular formula is C18H20N4O2. The molecule has 1 aromatic carbocycles. The maximum atomic E-state index is 12.1. The first-order valence-electron chi connectivity index (χ1n) is 7.79. The van der Waals surface area contributed by atoms with E-state index in [9.17, 15) is 4.79 Å². The quantitative estimate of drug-likeness (QED) is 0.753. The summed E-state index contributed by atoms with van der Waals surface area (Å²) in [5, 5.41) is 8.56. The van der Waals surface area contributed by atoms with E-state index in [1.807, 2.05) is 49.5 Å². The number of fused-ring (bicyclic) bond motifs is 1. The Morgan fingerprint density at radius 1 is 1.25 bits per heavy atom. The van der Waals surface area contributed by atoms with Crippen LogP contribution < -0.4 is 5.32 Å². The molecule has 0 aliphatic rings. The average molecular weight is 324 g/mol. The van der Waals surface area contributed by atoms with Gasteiger partial charge < -0.3 is 10.1 Å². The lowest BCUT2D eigenvalue weighted by Crippen LogP contribution is -2.33. The van der Waals surface area contributed by atoms with Crippen LogP contribution in [0.4, 0.5) is 0 Å². The maximum absolute atomic E-state index is 12.1. The highest BCUT2D eigenvalue weighted by Crippen LogP contribution is 2.24.